The molecule has 2 aliphatic carbocycles. The number of fused-ring (bicyclic) bond motifs is 2. The van der Waals surface area contributed by atoms with Gasteiger partial charge in [0.05, 0.1) is 0 Å². The predicted molar refractivity (Wildman–Crippen MR) is 111 cm³/mol. The van der Waals surface area contributed by atoms with E-state index in [0.717, 1.165) is 82.0 Å². The molecule has 5 rings (SSSR count). The van der Waals surface area contributed by atoms with Crippen molar-refractivity contribution in [2.75, 3.05) is 26.4 Å². The van der Waals surface area contributed by atoms with Gasteiger partial charge >= 0.3 is 0 Å². The molecule has 0 aromatic carbocycles. The molecule has 3 atom stereocenters. The highest BCUT2D eigenvalue weighted by atomic mass is 32.2. The van der Waals surface area contributed by atoms with Crippen LogP contribution in [-0.2, 0) is 14.3 Å². The van der Waals surface area contributed by atoms with Crippen molar-refractivity contribution in [1.82, 2.24) is 5.32 Å². The topological polar surface area (TPSA) is 59.9 Å². The summed E-state index contributed by atoms with van der Waals surface area (Å²) in [5.74, 6) is 2.99. The highest BCUT2D eigenvalue weighted by molar-refractivity contribution is 8.16. The number of carbonyl (C=O) groups is 1. The van der Waals surface area contributed by atoms with Gasteiger partial charge in [0.1, 0.15) is 4.75 Å². The van der Waals surface area contributed by atoms with Crippen LogP contribution in [-0.4, -0.2) is 48.3 Å². The molecule has 0 unspecified atom stereocenters. The molecule has 1 N–H and O–H groups in total. The average molecular weight is 407 g/mol. The smallest absolute Gasteiger partial charge is 0.264 e. The molecule has 0 aromatic heterocycles. The van der Waals surface area contributed by atoms with E-state index < -0.39 is 0 Å². The van der Waals surface area contributed by atoms with Gasteiger partial charge in [-0.15, -0.1) is 0 Å². The van der Waals surface area contributed by atoms with E-state index in [4.69, 9.17) is 9.47 Å². The minimum atomic E-state index is -0.357. The number of thioether (sulfide) groups is 1. The molecular formula is C22H34N2O3S. The van der Waals surface area contributed by atoms with Crippen molar-refractivity contribution >= 4 is 22.8 Å². The van der Waals surface area contributed by atoms with Crippen LogP contribution in [0.25, 0.3) is 0 Å². The number of nitrogens with zero attached hydrogens (tertiary/aromatic N) is 1. The van der Waals surface area contributed by atoms with E-state index >= 15 is 0 Å². The van der Waals surface area contributed by atoms with Gasteiger partial charge in [0.15, 0.2) is 5.17 Å². The Morgan fingerprint density at radius 1 is 0.929 bits per heavy atom. The normalized spacial score (nSPS) is 36.1. The Kier molecular flexibility index (Phi) is 5.72. The second-order valence-electron chi connectivity index (χ2n) is 9.76. The number of nitrogens with one attached hydrogen (secondary N) is 1. The quantitative estimate of drug-likeness (QED) is 0.753. The van der Waals surface area contributed by atoms with Gasteiger partial charge in [-0.25, -0.2) is 0 Å². The Hall–Kier alpha value is -0.590. The zero-order valence-corrected chi connectivity index (χ0v) is 17.7. The Morgan fingerprint density at radius 3 is 2.11 bits per heavy atom. The van der Waals surface area contributed by atoms with Crippen LogP contribution in [0.5, 0.6) is 0 Å². The summed E-state index contributed by atoms with van der Waals surface area (Å²) in [4.78, 5) is 17.9. The summed E-state index contributed by atoms with van der Waals surface area (Å²) in [7, 11) is 0. The van der Waals surface area contributed by atoms with Gasteiger partial charge in [-0.3, -0.25) is 4.79 Å². The third kappa shape index (κ3) is 4.01. The average Bonchev–Trinajstić information content (AvgIpc) is 3.39. The number of amidine groups is 1. The maximum absolute atomic E-state index is 13.3. The van der Waals surface area contributed by atoms with Crippen molar-refractivity contribution < 1.29 is 14.3 Å². The van der Waals surface area contributed by atoms with E-state index in [9.17, 15) is 4.79 Å². The van der Waals surface area contributed by atoms with Crippen molar-refractivity contribution in [3.8, 4) is 0 Å². The van der Waals surface area contributed by atoms with Crippen LogP contribution < -0.4 is 5.32 Å². The van der Waals surface area contributed by atoms with Gasteiger partial charge in [0, 0.05) is 32.5 Å². The first kappa shape index (κ1) is 19.4. The summed E-state index contributed by atoms with van der Waals surface area (Å²) in [6.07, 6.45) is 11.6. The van der Waals surface area contributed by atoms with Crippen LogP contribution in [0.3, 0.4) is 0 Å². The largest absolute Gasteiger partial charge is 0.381 e. The first-order valence-corrected chi connectivity index (χ1v) is 12.3. The molecule has 156 valence electrons. The standard InChI is InChI=1S/C22H34N2O3S/c25-20-22(13-15-3-7-26-8-4-15,14-16-5-9-27-10-6-16)28-21(24-20)23-19-12-17-1-2-18(19)11-17/h15-19H,1-14H2,(H,23,24,25)/t17-,18-,19-/m0/s1. The summed E-state index contributed by atoms with van der Waals surface area (Å²) in [5, 5.41) is 4.63. The molecule has 2 saturated carbocycles. The molecule has 2 saturated heterocycles. The lowest BCUT2D eigenvalue weighted by atomic mass is 9.80. The number of amides is 1. The van der Waals surface area contributed by atoms with E-state index in [1.54, 1.807) is 11.8 Å². The van der Waals surface area contributed by atoms with Crippen molar-refractivity contribution in [3.05, 3.63) is 0 Å². The van der Waals surface area contributed by atoms with Crippen LogP contribution in [0.2, 0.25) is 0 Å². The van der Waals surface area contributed by atoms with E-state index in [1.165, 1.54) is 25.7 Å². The third-order valence-electron chi connectivity index (χ3n) is 7.85. The van der Waals surface area contributed by atoms with Gasteiger partial charge in [0.2, 0.25) is 0 Å². The van der Waals surface area contributed by atoms with E-state index in [-0.39, 0.29) is 10.7 Å². The summed E-state index contributed by atoms with van der Waals surface area (Å²) in [6, 6.07) is 0.541. The SMILES string of the molecule is O=C1N=C(N[C@H]2C[C@H]3CC[C@H]2C3)SC1(CC1CCOCC1)CC1CCOCC1. The molecule has 0 spiro atoms. The number of carbonyl (C=O) groups excluding carboxylic acids is 1. The second-order valence-corrected chi connectivity index (χ2v) is 11.1. The van der Waals surface area contributed by atoms with Crippen molar-refractivity contribution in [2.45, 2.75) is 75.0 Å². The first-order valence-electron chi connectivity index (χ1n) is 11.4. The minimum Gasteiger partial charge on any atom is -0.381 e. The van der Waals surface area contributed by atoms with Crippen LogP contribution in [0, 0.1) is 23.7 Å². The zero-order chi connectivity index (χ0) is 19.0. The molecule has 5 nitrogen and oxygen atoms in total. The number of hydrogen-bond donors (Lipinski definition) is 1. The highest BCUT2D eigenvalue weighted by Gasteiger charge is 2.49. The van der Waals surface area contributed by atoms with Crippen LogP contribution in [0.4, 0.5) is 0 Å². The molecule has 4 fully saturated rings. The second kappa shape index (κ2) is 8.27. The number of hydrogen-bond acceptors (Lipinski definition) is 5. The van der Waals surface area contributed by atoms with Crippen molar-refractivity contribution in [3.63, 3.8) is 0 Å². The highest BCUT2D eigenvalue weighted by Crippen LogP contribution is 2.48. The lowest BCUT2D eigenvalue weighted by Gasteiger charge is -2.36. The molecule has 0 aromatic rings. The van der Waals surface area contributed by atoms with E-state index in [2.05, 4.69) is 10.3 Å². The summed E-state index contributed by atoms with van der Waals surface area (Å²) >= 11 is 1.78. The van der Waals surface area contributed by atoms with Gasteiger partial charge in [-0.2, -0.15) is 4.99 Å². The predicted octanol–water partition coefficient (Wildman–Crippen LogP) is 3.77. The summed E-state index contributed by atoms with van der Waals surface area (Å²) in [5.41, 5.74) is 0. The Bertz CT molecular complexity index is 593. The molecule has 28 heavy (non-hydrogen) atoms. The van der Waals surface area contributed by atoms with Crippen molar-refractivity contribution in [1.29, 1.82) is 0 Å². The van der Waals surface area contributed by atoms with Gasteiger partial charge in [-0.1, -0.05) is 18.2 Å². The van der Waals surface area contributed by atoms with Crippen LogP contribution in [0.15, 0.2) is 4.99 Å². The fraction of sp³-hybridized carbons (Fsp3) is 0.909. The summed E-state index contributed by atoms with van der Waals surface area (Å²) in [6.45, 7) is 3.36. The molecular weight excluding hydrogens is 372 g/mol. The fourth-order valence-electron chi connectivity index (χ4n) is 6.26. The Labute approximate surface area is 172 Å². The molecule has 0 radical (unpaired) electrons. The Morgan fingerprint density at radius 2 is 1.57 bits per heavy atom. The lowest BCUT2D eigenvalue weighted by Crippen LogP contribution is -2.40. The van der Waals surface area contributed by atoms with Crippen LogP contribution >= 0.6 is 11.8 Å². The zero-order valence-electron chi connectivity index (χ0n) is 16.9. The maximum Gasteiger partial charge on any atom is 0.264 e. The van der Waals surface area contributed by atoms with E-state index in [0.29, 0.717) is 17.9 Å². The van der Waals surface area contributed by atoms with Crippen LogP contribution in [0.1, 0.15) is 64.2 Å². The summed E-state index contributed by atoms with van der Waals surface area (Å²) < 4.78 is 10.8. The molecule has 3 heterocycles. The lowest BCUT2D eigenvalue weighted by molar-refractivity contribution is -0.121. The van der Waals surface area contributed by atoms with Gasteiger partial charge in [-0.05, 0) is 81.5 Å². The number of aliphatic imine (C=N–C) groups is 1. The number of rotatable bonds is 5. The first-order chi connectivity index (χ1) is 13.7. The van der Waals surface area contributed by atoms with E-state index in [1.807, 2.05) is 0 Å². The molecule has 5 aliphatic rings. The number of ether oxygens (including phenoxy) is 2. The third-order valence-corrected chi connectivity index (χ3v) is 9.15. The molecule has 1 amide bonds. The van der Waals surface area contributed by atoms with Gasteiger partial charge < -0.3 is 14.8 Å². The van der Waals surface area contributed by atoms with Gasteiger partial charge in [0.25, 0.3) is 5.91 Å². The molecule has 2 bridgehead atoms. The van der Waals surface area contributed by atoms with Crippen molar-refractivity contribution in [2.24, 2.45) is 28.7 Å². The Balaban J connectivity index is 1.28. The molecule has 6 heteroatoms. The maximum atomic E-state index is 13.3. The minimum absolute atomic E-state index is 0.126. The monoisotopic (exact) mass is 406 g/mol. The molecule has 3 aliphatic heterocycles. The fourth-order valence-corrected chi connectivity index (χ4v) is 7.74.